The summed E-state index contributed by atoms with van der Waals surface area (Å²) in [7, 11) is -3.60. The molecule has 0 bridgehead atoms. The number of fused-ring (bicyclic) bond motifs is 1. The number of hydrogen-bond donors (Lipinski definition) is 0. The third-order valence-electron chi connectivity index (χ3n) is 4.94. The van der Waals surface area contributed by atoms with Gasteiger partial charge in [-0.25, -0.2) is 8.42 Å². The predicted molar refractivity (Wildman–Crippen MR) is 104 cm³/mol. The molecule has 0 atom stereocenters. The Hall–Kier alpha value is -1.90. The van der Waals surface area contributed by atoms with Gasteiger partial charge in [0, 0.05) is 37.9 Å². The molecule has 0 unspecified atom stereocenters. The molecule has 3 rings (SSSR count). The average Bonchev–Trinajstić information content (AvgIpc) is 3.06. The molecule has 2 aromatic rings. The van der Waals surface area contributed by atoms with E-state index in [0.717, 1.165) is 30.9 Å². The number of aromatic nitrogens is 2. The van der Waals surface area contributed by atoms with Gasteiger partial charge >= 0.3 is 0 Å². The fraction of sp³-hybridized carbons (Fsp3) is 0.526. The summed E-state index contributed by atoms with van der Waals surface area (Å²) in [4.78, 5) is 2.56. The van der Waals surface area contributed by atoms with Gasteiger partial charge in [0.05, 0.1) is 6.20 Å². The van der Waals surface area contributed by atoms with E-state index in [1.165, 1.54) is 16.1 Å². The first-order valence-electron chi connectivity index (χ1n) is 9.47. The van der Waals surface area contributed by atoms with Crippen LogP contribution in [-0.2, 0) is 29.7 Å². The van der Waals surface area contributed by atoms with E-state index in [1.807, 2.05) is 13.0 Å². The number of ether oxygens (including phenoxy) is 1. The summed E-state index contributed by atoms with van der Waals surface area (Å²) in [6, 6.07) is 6.09. The highest BCUT2D eigenvalue weighted by Gasteiger charge is 2.29. The van der Waals surface area contributed by atoms with Crippen molar-refractivity contribution in [3.05, 3.63) is 41.7 Å². The third-order valence-corrected chi connectivity index (χ3v) is 6.74. The molecule has 0 radical (unpaired) electrons. The van der Waals surface area contributed by atoms with Gasteiger partial charge in [0.25, 0.3) is 0 Å². The lowest BCUT2D eigenvalue weighted by Crippen LogP contribution is -2.32. The quantitative estimate of drug-likeness (QED) is 0.723. The third kappa shape index (κ3) is 4.34. The summed E-state index contributed by atoms with van der Waals surface area (Å²) < 4.78 is 35.0. The molecule has 1 aliphatic heterocycles. The highest BCUT2D eigenvalue weighted by atomic mass is 32.2. The second-order valence-electron chi connectivity index (χ2n) is 6.62. The highest BCUT2D eigenvalue weighted by molar-refractivity contribution is 7.89. The molecule has 0 fully saturated rings. The Labute approximate surface area is 161 Å². The number of rotatable bonds is 7. The standard InChI is InChI=1S/C19H28N4O3S/c1-4-21(5-2)13-16-7-8-19-17(11-16)14-23(9-10-26-19)27(24,25)18-12-20-22(6-3)15-18/h7-8,11-12,15H,4-6,9-10,13-14H2,1-3H3. The number of benzene rings is 1. The van der Waals surface area contributed by atoms with Crippen LogP contribution in [0.3, 0.4) is 0 Å². The number of sulfonamides is 1. The molecule has 0 saturated carbocycles. The summed E-state index contributed by atoms with van der Waals surface area (Å²) in [5.74, 6) is 0.764. The second kappa shape index (κ2) is 8.41. The predicted octanol–water partition coefficient (Wildman–Crippen LogP) is 2.33. The van der Waals surface area contributed by atoms with E-state index < -0.39 is 10.0 Å². The molecule has 27 heavy (non-hydrogen) atoms. The van der Waals surface area contributed by atoms with Crippen molar-refractivity contribution in [2.45, 2.75) is 45.3 Å². The van der Waals surface area contributed by atoms with Crippen molar-refractivity contribution in [3.8, 4) is 5.75 Å². The summed E-state index contributed by atoms with van der Waals surface area (Å²) in [5.41, 5.74) is 2.07. The molecule has 0 aliphatic carbocycles. The molecule has 0 amide bonds. The van der Waals surface area contributed by atoms with Crippen LogP contribution in [0.1, 0.15) is 31.9 Å². The minimum atomic E-state index is -3.60. The van der Waals surface area contributed by atoms with Crippen LogP contribution in [0.2, 0.25) is 0 Å². The normalized spacial score (nSPS) is 15.4. The molecule has 0 saturated heterocycles. The van der Waals surface area contributed by atoms with E-state index in [0.29, 0.717) is 26.2 Å². The zero-order valence-corrected chi connectivity index (χ0v) is 17.1. The molecule has 0 N–H and O–H groups in total. The van der Waals surface area contributed by atoms with Gasteiger partial charge in [-0.3, -0.25) is 9.58 Å². The van der Waals surface area contributed by atoms with Crippen molar-refractivity contribution >= 4 is 10.0 Å². The lowest BCUT2D eigenvalue weighted by molar-refractivity contribution is 0.292. The topological polar surface area (TPSA) is 67.7 Å². The van der Waals surface area contributed by atoms with E-state index >= 15 is 0 Å². The van der Waals surface area contributed by atoms with Crippen molar-refractivity contribution < 1.29 is 13.2 Å². The smallest absolute Gasteiger partial charge is 0.246 e. The number of aryl methyl sites for hydroxylation is 1. The maximum absolute atomic E-state index is 13.0. The van der Waals surface area contributed by atoms with Crippen molar-refractivity contribution in [2.24, 2.45) is 0 Å². The first-order valence-corrected chi connectivity index (χ1v) is 10.9. The van der Waals surface area contributed by atoms with Crippen LogP contribution in [0, 0.1) is 0 Å². The van der Waals surface area contributed by atoms with E-state index in [1.54, 1.807) is 10.9 Å². The highest BCUT2D eigenvalue weighted by Crippen LogP contribution is 2.28. The zero-order valence-electron chi connectivity index (χ0n) is 16.3. The van der Waals surface area contributed by atoms with Crippen LogP contribution in [-0.4, -0.2) is 53.6 Å². The summed E-state index contributed by atoms with van der Waals surface area (Å²) >= 11 is 0. The first kappa shape index (κ1) is 19.9. The van der Waals surface area contributed by atoms with Gasteiger partial charge < -0.3 is 4.74 Å². The molecule has 2 heterocycles. The molecule has 0 spiro atoms. The van der Waals surface area contributed by atoms with Gasteiger partial charge in [0.1, 0.15) is 17.3 Å². The largest absolute Gasteiger partial charge is 0.492 e. The molecular weight excluding hydrogens is 364 g/mol. The maximum atomic E-state index is 13.0. The van der Waals surface area contributed by atoms with Crippen LogP contribution in [0.25, 0.3) is 0 Å². The van der Waals surface area contributed by atoms with Crippen LogP contribution in [0.15, 0.2) is 35.5 Å². The zero-order chi connectivity index (χ0) is 19.4. The fourth-order valence-electron chi connectivity index (χ4n) is 3.23. The van der Waals surface area contributed by atoms with Crippen molar-refractivity contribution in [1.82, 2.24) is 19.0 Å². The van der Waals surface area contributed by atoms with Gasteiger partial charge in [0.2, 0.25) is 10.0 Å². The van der Waals surface area contributed by atoms with Crippen LogP contribution in [0.4, 0.5) is 0 Å². The Morgan fingerprint density at radius 3 is 2.67 bits per heavy atom. The number of hydrogen-bond acceptors (Lipinski definition) is 5. The molecular formula is C19H28N4O3S. The molecule has 1 aromatic carbocycles. The van der Waals surface area contributed by atoms with Crippen molar-refractivity contribution in [1.29, 1.82) is 0 Å². The lowest BCUT2D eigenvalue weighted by atomic mass is 10.1. The molecule has 1 aromatic heterocycles. The monoisotopic (exact) mass is 392 g/mol. The van der Waals surface area contributed by atoms with E-state index in [-0.39, 0.29) is 4.90 Å². The van der Waals surface area contributed by atoms with E-state index in [2.05, 4.69) is 36.0 Å². The van der Waals surface area contributed by atoms with Crippen LogP contribution in [0.5, 0.6) is 5.75 Å². The Morgan fingerprint density at radius 2 is 2.00 bits per heavy atom. The lowest BCUT2D eigenvalue weighted by Gasteiger charge is -2.20. The van der Waals surface area contributed by atoms with E-state index in [4.69, 9.17) is 4.74 Å². The maximum Gasteiger partial charge on any atom is 0.246 e. The molecule has 1 aliphatic rings. The van der Waals surface area contributed by atoms with Gasteiger partial charge in [-0.15, -0.1) is 0 Å². The number of nitrogens with zero attached hydrogens (tertiary/aromatic N) is 4. The van der Waals surface area contributed by atoms with Gasteiger partial charge in [0.15, 0.2) is 0 Å². The van der Waals surface area contributed by atoms with Crippen molar-refractivity contribution in [3.63, 3.8) is 0 Å². The molecule has 8 heteroatoms. The Kier molecular flexibility index (Phi) is 6.18. The Bertz CT molecular complexity index is 875. The van der Waals surface area contributed by atoms with Gasteiger partial charge in [-0.05, 0) is 37.7 Å². The molecule has 148 valence electrons. The van der Waals surface area contributed by atoms with Gasteiger partial charge in [-0.2, -0.15) is 9.40 Å². The SMILES string of the molecule is CCN(CC)Cc1ccc2c(c1)CN(S(=O)(=O)c1cnn(CC)c1)CCO2. The van der Waals surface area contributed by atoms with Crippen molar-refractivity contribution in [2.75, 3.05) is 26.2 Å². The fourth-order valence-corrected chi connectivity index (χ4v) is 4.59. The summed E-state index contributed by atoms with van der Waals surface area (Å²) in [6.07, 6.45) is 3.00. The molecule has 7 nitrogen and oxygen atoms in total. The van der Waals surface area contributed by atoms with Crippen LogP contribution < -0.4 is 4.74 Å². The Balaban J connectivity index is 1.86. The summed E-state index contributed by atoms with van der Waals surface area (Å²) in [5, 5.41) is 4.10. The van der Waals surface area contributed by atoms with E-state index in [9.17, 15) is 8.42 Å². The summed E-state index contributed by atoms with van der Waals surface area (Å²) in [6.45, 7) is 10.6. The van der Waals surface area contributed by atoms with Gasteiger partial charge in [-0.1, -0.05) is 19.9 Å². The average molecular weight is 393 g/mol. The first-order chi connectivity index (χ1) is 13.0. The Morgan fingerprint density at radius 1 is 1.22 bits per heavy atom. The second-order valence-corrected chi connectivity index (χ2v) is 8.56. The van der Waals surface area contributed by atoms with Crippen LogP contribution >= 0.6 is 0 Å². The minimum absolute atomic E-state index is 0.229. The minimum Gasteiger partial charge on any atom is -0.492 e.